The molecule has 11 rings (SSSR count). The molecule has 0 spiro atoms. The molecule has 3 heterocycles. The number of fused-ring (bicyclic) bond motifs is 4. The Bertz CT molecular complexity index is 3710. The smallest absolute Gasteiger partial charge is 0.135 e. The Hall–Kier alpha value is -7.20. The van der Waals surface area contributed by atoms with Crippen LogP contribution in [0.15, 0.2) is 188 Å². The van der Waals surface area contributed by atoms with E-state index in [4.69, 9.17) is 13.8 Å². The molecule has 1 aliphatic heterocycles. The molecule has 5 nitrogen and oxygen atoms in total. The monoisotopic (exact) mass is 1140 g/mol. The molecule has 0 unspecified atom stereocenters. The molecule has 8 aromatic carbocycles. The summed E-state index contributed by atoms with van der Waals surface area (Å²) in [6.45, 7) is 14.2. The van der Waals surface area contributed by atoms with Crippen LogP contribution < -0.4 is 14.5 Å². The van der Waals surface area contributed by atoms with E-state index in [1.165, 1.54) is 11.1 Å². The molecule has 0 atom stereocenters. The van der Waals surface area contributed by atoms with Crippen LogP contribution in [0.5, 0.6) is 5.75 Å². The third kappa shape index (κ3) is 10.1. The maximum Gasteiger partial charge on any atom is 0.135 e. The van der Waals surface area contributed by atoms with E-state index in [9.17, 15) is 0 Å². The molecule has 0 fully saturated rings. The second kappa shape index (κ2) is 20.4. The van der Waals surface area contributed by atoms with Crippen LogP contribution >= 0.6 is 0 Å². The molecule has 1 aliphatic rings. The molecule has 0 N–H and O–H groups in total. The van der Waals surface area contributed by atoms with Crippen molar-refractivity contribution in [1.82, 2.24) is 9.55 Å². The predicted molar refractivity (Wildman–Crippen MR) is 300 cm³/mol. The summed E-state index contributed by atoms with van der Waals surface area (Å²) in [5.41, 5.74) is 15.9. The quantitative estimate of drug-likeness (QED) is 0.114. The van der Waals surface area contributed by atoms with Gasteiger partial charge in [0.1, 0.15) is 5.82 Å². The first-order valence-corrected chi connectivity index (χ1v) is 25.1. The van der Waals surface area contributed by atoms with Gasteiger partial charge in [-0.25, -0.2) is 4.98 Å². The normalized spacial score (nSPS) is 13.4. The molecule has 6 heteroatoms. The standard InChI is InChI=1S/C67H61N4O.Pt/c1-46-19-16-27-58(52-38-51(49-23-12-9-13-24-49)39-54(40-52)67(5,6)7)57(46)28-18-36-69-45-70(64-41-50(30-33-62(64)69)48-21-10-8-11-22-48)55-25-17-20-47(37-55)44-72-56-31-32-60-59-26-14-15-29-61(59)71(63(60)43-56)65-42-53(34-35-68-65)66(2,3)4;/h8-17,19-27,29-35,38-42,45H,18,28,36,44H2,1-7H3;/q-3;/i1D3;. The Kier molecular flexibility index (Phi) is 12.7. The average Bonchev–Trinajstić information content (AvgIpc) is 3.95. The molecule has 0 saturated heterocycles. The van der Waals surface area contributed by atoms with Crippen LogP contribution in [-0.2, 0) is 44.9 Å². The largest absolute Gasteiger partial charge is 0.517 e. The van der Waals surface area contributed by atoms with Gasteiger partial charge in [-0.05, 0) is 134 Å². The van der Waals surface area contributed by atoms with Gasteiger partial charge in [0.25, 0.3) is 0 Å². The fraction of sp³-hybridized carbons (Fsp3) is 0.194. The zero-order valence-corrected chi connectivity index (χ0v) is 44.6. The number of nitrogens with zero attached hydrogens (tertiary/aromatic N) is 4. The average molecular weight is 1140 g/mol. The maximum atomic E-state index is 8.71. The van der Waals surface area contributed by atoms with Gasteiger partial charge in [0.2, 0.25) is 0 Å². The minimum atomic E-state index is -2.28. The SMILES string of the molecule is [2H]C([2H])([2H])c1cccc(-c2cc(-c3ccccc3)cc(C(C)(C)C)c2)c1CCCN1[CH-]N(c2[c-]c(COc3[c-]c4c(cc3)c3ccccc3n4-c3cc(C(C)(C)C)ccn3)ccc2)c2cc(-c3ccccc3)ccc21.[Pt]. The summed E-state index contributed by atoms with van der Waals surface area (Å²) in [5.74, 6) is 1.48. The summed E-state index contributed by atoms with van der Waals surface area (Å²) >= 11 is 0. The second-order valence-electron chi connectivity index (χ2n) is 21.0. The summed E-state index contributed by atoms with van der Waals surface area (Å²) in [6, 6.07) is 70.4. The van der Waals surface area contributed by atoms with E-state index < -0.39 is 6.85 Å². The van der Waals surface area contributed by atoms with Crippen molar-refractivity contribution in [2.24, 2.45) is 0 Å². The van der Waals surface area contributed by atoms with Crippen LogP contribution in [0.1, 0.15) is 79.9 Å². The number of rotatable bonds is 12. The van der Waals surface area contributed by atoms with E-state index in [2.05, 4.69) is 226 Å². The van der Waals surface area contributed by atoms with Gasteiger partial charge < -0.3 is 19.1 Å². The van der Waals surface area contributed by atoms with Crippen molar-refractivity contribution in [3.05, 3.63) is 235 Å². The molecule has 0 saturated carbocycles. The number of hydrogen-bond acceptors (Lipinski definition) is 4. The van der Waals surface area contributed by atoms with Crippen LogP contribution in [0, 0.1) is 25.7 Å². The van der Waals surface area contributed by atoms with Crippen LogP contribution in [0.4, 0.5) is 17.1 Å². The van der Waals surface area contributed by atoms with Crippen molar-refractivity contribution in [2.45, 2.75) is 78.7 Å². The van der Waals surface area contributed by atoms with Crippen molar-refractivity contribution in [3.63, 3.8) is 0 Å². The number of pyridine rings is 1. The molecule has 2 aromatic heterocycles. The van der Waals surface area contributed by atoms with E-state index in [0.717, 1.165) is 89.2 Å². The predicted octanol–water partition coefficient (Wildman–Crippen LogP) is 17.0. The molecule has 368 valence electrons. The molecule has 0 bridgehead atoms. The zero-order chi connectivity index (χ0) is 52.1. The number of aryl methyl sites for hydroxylation is 1. The van der Waals surface area contributed by atoms with Crippen LogP contribution in [0.2, 0.25) is 0 Å². The number of aromatic nitrogens is 2. The summed E-state index contributed by atoms with van der Waals surface area (Å²) in [5, 5.41) is 2.22. The van der Waals surface area contributed by atoms with Gasteiger partial charge in [-0.1, -0.05) is 162 Å². The van der Waals surface area contributed by atoms with Gasteiger partial charge in [-0.15, -0.1) is 28.8 Å². The van der Waals surface area contributed by atoms with E-state index >= 15 is 0 Å². The Morgan fingerprint density at radius 1 is 0.603 bits per heavy atom. The number of benzene rings is 8. The van der Waals surface area contributed by atoms with E-state index in [0.29, 0.717) is 37.3 Å². The minimum Gasteiger partial charge on any atom is -0.517 e. The van der Waals surface area contributed by atoms with Crippen molar-refractivity contribution in [2.75, 3.05) is 16.3 Å². The summed E-state index contributed by atoms with van der Waals surface area (Å²) in [6.07, 6.45) is 3.18. The van der Waals surface area contributed by atoms with Gasteiger partial charge in [-0.3, -0.25) is 0 Å². The molecular formula is C67H61N4OPt-3. The van der Waals surface area contributed by atoms with Gasteiger partial charge in [0, 0.05) is 54.0 Å². The Balaban J connectivity index is 0.00000657. The number of ether oxygens (including phenoxy) is 1. The fourth-order valence-electron chi connectivity index (χ4n) is 10.1. The number of para-hydroxylation sites is 1. The van der Waals surface area contributed by atoms with Crippen molar-refractivity contribution < 1.29 is 29.9 Å². The topological polar surface area (TPSA) is 33.5 Å². The second-order valence-corrected chi connectivity index (χ2v) is 21.0. The molecule has 10 aromatic rings. The van der Waals surface area contributed by atoms with Crippen molar-refractivity contribution >= 4 is 38.9 Å². The summed E-state index contributed by atoms with van der Waals surface area (Å²) in [4.78, 5) is 9.36. The first kappa shape index (κ1) is 45.6. The fourth-order valence-corrected chi connectivity index (χ4v) is 10.1. The van der Waals surface area contributed by atoms with Crippen molar-refractivity contribution in [1.29, 1.82) is 0 Å². The molecule has 0 radical (unpaired) electrons. The van der Waals surface area contributed by atoms with E-state index in [-0.39, 0.29) is 31.9 Å². The molecule has 73 heavy (non-hydrogen) atoms. The summed E-state index contributed by atoms with van der Waals surface area (Å²) in [7, 11) is 0. The Labute approximate surface area is 450 Å². The van der Waals surface area contributed by atoms with Crippen molar-refractivity contribution in [3.8, 4) is 44.9 Å². The molecule has 0 aliphatic carbocycles. The molecule has 0 amide bonds. The maximum absolute atomic E-state index is 8.71. The first-order chi connectivity index (χ1) is 36.1. The minimum absolute atomic E-state index is 0. The Morgan fingerprint density at radius 2 is 1.33 bits per heavy atom. The number of hydrogen-bond donors (Lipinski definition) is 0. The Morgan fingerprint density at radius 3 is 2.10 bits per heavy atom. The van der Waals surface area contributed by atoms with Gasteiger partial charge in [0.05, 0.1) is 6.61 Å². The van der Waals surface area contributed by atoms with Crippen LogP contribution in [0.3, 0.4) is 0 Å². The van der Waals surface area contributed by atoms with Crippen LogP contribution in [0.25, 0.3) is 61.0 Å². The van der Waals surface area contributed by atoms with E-state index in [1.54, 1.807) is 6.07 Å². The van der Waals surface area contributed by atoms with Gasteiger partial charge >= 0.3 is 0 Å². The van der Waals surface area contributed by atoms with Crippen LogP contribution in [-0.4, -0.2) is 16.1 Å². The molecular weight excluding hydrogens is 1070 g/mol. The van der Waals surface area contributed by atoms with E-state index in [1.807, 2.05) is 30.5 Å². The zero-order valence-electron chi connectivity index (χ0n) is 45.3. The first-order valence-electron chi connectivity index (χ1n) is 26.6. The number of anilines is 3. The summed E-state index contributed by atoms with van der Waals surface area (Å²) < 4.78 is 34.9. The van der Waals surface area contributed by atoms with Gasteiger partial charge in [-0.2, -0.15) is 37.0 Å². The third-order valence-corrected chi connectivity index (χ3v) is 14.0. The van der Waals surface area contributed by atoms with Gasteiger partial charge in [0.15, 0.2) is 0 Å². The third-order valence-electron chi connectivity index (χ3n) is 14.0.